The van der Waals surface area contributed by atoms with Crippen LogP contribution in [0.3, 0.4) is 0 Å². The molecule has 1 aliphatic rings. The monoisotopic (exact) mass is 398 g/mol. The zero-order valence-electron chi connectivity index (χ0n) is 13.2. The quantitative estimate of drug-likeness (QED) is 0.851. The molecule has 140 valence electrons. The van der Waals surface area contributed by atoms with E-state index in [0.29, 0.717) is 11.8 Å². The molecular weight excluding hydrogens is 389 g/mol. The zero-order chi connectivity index (χ0) is 19.8. The smallest absolute Gasteiger partial charge is 0.417 e. The summed E-state index contributed by atoms with van der Waals surface area (Å²) >= 11 is 0. The molecule has 1 aliphatic heterocycles. The van der Waals surface area contributed by atoms with Gasteiger partial charge in [-0.2, -0.15) is 18.4 Å². The summed E-state index contributed by atoms with van der Waals surface area (Å²) in [6, 6.07) is 7.09. The van der Waals surface area contributed by atoms with Gasteiger partial charge in [-0.25, -0.2) is 13.1 Å². The molecule has 11 heteroatoms. The lowest BCUT2D eigenvalue weighted by molar-refractivity contribution is -0.137. The Bertz CT molecular complexity index is 1070. The summed E-state index contributed by atoms with van der Waals surface area (Å²) in [5.74, 6) is -0.458. The Hall–Kier alpha value is -3.26. The fourth-order valence-electron chi connectivity index (χ4n) is 2.30. The molecule has 0 fully saturated rings. The SMILES string of the molecule is N#Cc1ccc(S(=O)(=O)NC(=O)c2ccc3c(c2)OCO3)cc1C(F)(F)F. The van der Waals surface area contributed by atoms with Gasteiger partial charge >= 0.3 is 6.18 Å². The van der Waals surface area contributed by atoms with E-state index in [1.165, 1.54) is 24.3 Å². The maximum absolute atomic E-state index is 13.0. The highest BCUT2D eigenvalue weighted by atomic mass is 32.2. The highest BCUT2D eigenvalue weighted by Crippen LogP contribution is 2.34. The zero-order valence-corrected chi connectivity index (χ0v) is 14.0. The minimum absolute atomic E-state index is 0.0514. The molecule has 0 atom stereocenters. The molecule has 3 rings (SSSR count). The van der Waals surface area contributed by atoms with E-state index < -0.39 is 38.1 Å². The lowest BCUT2D eigenvalue weighted by Crippen LogP contribution is -2.30. The number of amides is 1. The van der Waals surface area contributed by atoms with E-state index in [9.17, 15) is 26.4 Å². The molecule has 1 N–H and O–H groups in total. The van der Waals surface area contributed by atoms with Crippen molar-refractivity contribution in [2.24, 2.45) is 0 Å². The highest BCUT2D eigenvalue weighted by Gasteiger charge is 2.35. The lowest BCUT2D eigenvalue weighted by Gasteiger charge is -2.12. The maximum Gasteiger partial charge on any atom is 0.417 e. The minimum Gasteiger partial charge on any atom is -0.454 e. The number of ether oxygens (including phenoxy) is 2. The van der Waals surface area contributed by atoms with Gasteiger partial charge in [-0.15, -0.1) is 0 Å². The number of benzene rings is 2. The van der Waals surface area contributed by atoms with Gasteiger partial charge in [0.05, 0.1) is 22.1 Å². The van der Waals surface area contributed by atoms with Crippen molar-refractivity contribution in [3.8, 4) is 17.6 Å². The number of hydrogen-bond acceptors (Lipinski definition) is 6. The van der Waals surface area contributed by atoms with Crippen LogP contribution >= 0.6 is 0 Å². The van der Waals surface area contributed by atoms with Gasteiger partial charge in [-0.3, -0.25) is 4.79 Å². The average Bonchev–Trinajstić information content (AvgIpc) is 3.07. The Labute approximate surface area is 151 Å². The Kier molecular flexibility index (Phi) is 4.44. The van der Waals surface area contributed by atoms with E-state index in [2.05, 4.69) is 0 Å². The lowest BCUT2D eigenvalue weighted by atomic mass is 10.1. The van der Waals surface area contributed by atoms with Crippen molar-refractivity contribution >= 4 is 15.9 Å². The normalized spacial score (nSPS) is 13.1. The minimum atomic E-state index is -4.93. The van der Waals surface area contributed by atoms with Gasteiger partial charge in [0.15, 0.2) is 11.5 Å². The Morgan fingerprint density at radius 3 is 2.48 bits per heavy atom. The van der Waals surface area contributed by atoms with Crippen LogP contribution in [-0.2, 0) is 16.2 Å². The van der Waals surface area contributed by atoms with Crippen LogP contribution in [0.5, 0.6) is 11.5 Å². The van der Waals surface area contributed by atoms with Gasteiger partial charge in [0.2, 0.25) is 6.79 Å². The third-order valence-corrected chi connectivity index (χ3v) is 4.92. The topological polar surface area (TPSA) is 105 Å². The number of alkyl halides is 3. The van der Waals surface area contributed by atoms with E-state index >= 15 is 0 Å². The van der Waals surface area contributed by atoms with Crippen LogP contribution in [0.25, 0.3) is 0 Å². The molecule has 0 aliphatic carbocycles. The molecule has 0 radical (unpaired) electrons. The first kappa shape index (κ1) is 18.5. The molecule has 0 saturated heterocycles. The summed E-state index contributed by atoms with van der Waals surface area (Å²) < 4.78 is 75.4. The number of fused-ring (bicyclic) bond motifs is 1. The largest absolute Gasteiger partial charge is 0.454 e. The summed E-state index contributed by atoms with van der Waals surface area (Å²) in [7, 11) is -4.61. The number of carbonyl (C=O) groups is 1. The second-order valence-electron chi connectivity index (χ2n) is 5.32. The summed E-state index contributed by atoms with van der Waals surface area (Å²) in [4.78, 5) is 11.4. The van der Waals surface area contributed by atoms with E-state index in [0.717, 1.165) is 12.1 Å². The number of hydrogen-bond donors (Lipinski definition) is 1. The van der Waals surface area contributed by atoms with Crippen LogP contribution in [0.2, 0.25) is 0 Å². The van der Waals surface area contributed by atoms with E-state index in [4.69, 9.17) is 14.7 Å². The predicted molar refractivity (Wildman–Crippen MR) is 83.4 cm³/mol. The van der Waals surface area contributed by atoms with E-state index in [1.54, 1.807) is 4.72 Å². The summed E-state index contributed by atoms with van der Waals surface area (Å²) in [5, 5.41) is 8.76. The van der Waals surface area contributed by atoms with Crippen molar-refractivity contribution in [1.82, 2.24) is 4.72 Å². The van der Waals surface area contributed by atoms with Gasteiger partial charge in [0.25, 0.3) is 15.9 Å². The van der Waals surface area contributed by atoms with Crippen molar-refractivity contribution in [3.63, 3.8) is 0 Å². The molecule has 27 heavy (non-hydrogen) atoms. The predicted octanol–water partition coefficient (Wildman–Crippen LogP) is 2.42. The fourth-order valence-corrected chi connectivity index (χ4v) is 3.30. The molecule has 2 aromatic carbocycles. The van der Waals surface area contributed by atoms with Gasteiger partial charge in [0, 0.05) is 5.56 Å². The molecule has 0 unspecified atom stereocenters. The summed E-state index contributed by atoms with van der Waals surface area (Å²) in [6.45, 7) is -0.0514. The molecule has 0 saturated carbocycles. The molecule has 1 heterocycles. The first-order valence-corrected chi connectivity index (χ1v) is 8.68. The van der Waals surface area contributed by atoms with Gasteiger partial charge in [-0.05, 0) is 36.4 Å². The second-order valence-corrected chi connectivity index (χ2v) is 7.00. The van der Waals surface area contributed by atoms with Crippen molar-refractivity contribution < 1.29 is 35.9 Å². The van der Waals surface area contributed by atoms with Crippen LogP contribution in [0.4, 0.5) is 13.2 Å². The van der Waals surface area contributed by atoms with Gasteiger partial charge in [-0.1, -0.05) is 0 Å². The summed E-state index contributed by atoms with van der Waals surface area (Å²) in [5.41, 5.74) is -2.24. The van der Waals surface area contributed by atoms with Crippen molar-refractivity contribution in [2.75, 3.05) is 6.79 Å². The highest BCUT2D eigenvalue weighted by molar-refractivity contribution is 7.90. The van der Waals surface area contributed by atoms with Crippen LogP contribution in [0.1, 0.15) is 21.5 Å². The van der Waals surface area contributed by atoms with Crippen LogP contribution in [-0.4, -0.2) is 21.1 Å². The third-order valence-electron chi connectivity index (χ3n) is 3.59. The molecule has 0 bridgehead atoms. The number of nitrogens with one attached hydrogen (secondary N) is 1. The molecule has 7 nitrogen and oxygen atoms in total. The number of nitrogens with zero attached hydrogens (tertiary/aromatic N) is 1. The first-order valence-electron chi connectivity index (χ1n) is 7.20. The number of carbonyl (C=O) groups excluding carboxylic acids is 1. The van der Waals surface area contributed by atoms with Gasteiger partial charge in [0.1, 0.15) is 0 Å². The van der Waals surface area contributed by atoms with E-state index in [-0.39, 0.29) is 18.1 Å². The molecule has 0 aromatic heterocycles. The van der Waals surface area contributed by atoms with Crippen molar-refractivity contribution in [1.29, 1.82) is 5.26 Å². The molecule has 2 aromatic rings. The number of sulfonamides is 1. The Balaban J connectivity index is 1.91. The maximum atomic E-state index is 13.0. The van der Waals surface area contributed by atoms with Crippen LogP contribution < -0.4 is 14.2 Å². The number of halogens is 3. The van der Waals surface area contributed by atoms with Gasteiger partial charge < -0.3 is 9.47 Å². The van der Waals surface area contributed by atoms with Crippen molar-refractivity contribution in [3.05, 3.63) is 53.1 Å². The number of rotatable bonds is 3. The first-order chi connectivity index (χ1) is 12.6. The fraction of sp³-hybridized carbons (Fsp3) is 0.125. The second kappa shape index (κ2) is 6.48. The Morgan fingerprint density at radius 1 is 1.11 bits per heavy atom. The standard InChI is InChI=1S/C16H9F3N2O5S/c17-16(18,19)12-6-11(3-1-10(12)7-20)27(23,24)21-15(22)9-2-4-13-14(5-9)26-8-25-13/h1-6H,8H2,(H,21,22). The van der Waals surface area contributed by atoms with Crippen molar-refractivity contribution in [2.45, 2.75) is 11.1 Å². The molecule has 1 amide bonds. The average molecular weight is 398 g/mol. The van der Waals surface area contributed by atoms with E-state index in [1.807, 2.05) is 0 Å². The Morgan fingerprint density at radius 2 is 1.81 bits per heavy atom. The summed E-state index contributed by atoms with van der Waals surface area (Å²) in [6.07, 6.45) is -4.93. The molecule has 0 spiro atoms. The number of nitriles is 1. The molecular formula is C16H9F3N2O5S. The van der Waals surface area contributed by atoms with Crippen LogP contribution in [0, 0.1) is 11.3 Å². The third kappa shape index (κ3) is 3.65. The van der Waals surface area contributed by atoms with Crippen LogP contribution in [0.15, 0.2) is 41.3 Å².